The molecule has 0 aromatic heterocycles. The van der Waals surface area contributed by atoms with Gasteiger partial charge in [0.1, 0.15) is 0 Å². The number of carbonyl (C=O) groups is 1. The predicted molar refractivity (Wildman–Crippen MR) is 41.8 cm³/mol. The molecule has 0 bridgehead atoms. The maximum Gasteiger partial charge on any atom is 0.313 e. The van der Waals surface area contributed by atoms with E-state index in [1.165, 1.54) is 0 Å². The lowest BCUT2D eigenvalue weighted by Crippen LogP contribution is -2.37. The van der Waals surface area contributed by atoms with Gasteiger partial charge >= 0.3 is 6.03 Å². The van der Waals surface area contributed by atoms with Gasteiger partial charge in [-0.2, -0.15) is 0 Å². The summed E-state index contributed by atoms with van der Waals surface area (Å²) < 4.78 is 0. The Kier molecular flexibility index (Phi) is 5.06. The predicted octanol–water partition coefficient (Wildman–Crippen LogP) is 0.937. The minimum absolute atomic E-state index is 0.558. The summed E-state index contributed by atoms with van der Waals surface area (Å²) in [4.78, 5) is 20.3. The maximum absolute atomic E-state index is 10.2. The molecule has 0 saturated heterocycles. The lowest BCUT2D eigenvalue weighted by Gasteiger charge is -2.07. The number of urea groups is 1. The standard InChI is InChI=1S/C6H13N3O2/c1-2-3-4-5(9-11)8-6(7)10/h5H,2-4H2,1H3,(H3,7,8,10). The van der Waals surface area contributed by atoms with Crippen LogP contribution in [0.2, 0.25) is 0 Å². The molecule has 3 N–H and O–H groups in total. The highest BCUT2D eigenvalue weighted by Crippen LogP contribution is 2.00. The fourth-order valence-electron chi connectivity index (χ4n) is 0.713. The van der Waals surface area contributed by atoms with E-state index in [0.29, 0.717) is 6.42 Å². The average Bonchev–Trinajstić information content (AvgIpc) is 1.97. The van der Waals surface area contributed by atoms with Crippen LogP contribution in [0.4, 0.5) is 4.79 Å². The van der Waals surface area contributed by atoms with Crippen LogP contribution in [0.15, 0.2) is 5.18 Å². The summed E-state index contributed by atoms with van der Waals surface area (Å²) in [6.45, 7) is 1.99. The van der Waals surface area contributed by atoms with Gasteiger partial charge in [0.05, 0.1) is 0 Å². The third-order valence-electron chi connectivity index (χ3n) is 1.27. The number of hydrogen-bond donors (Lipinski definition) is 2. The number of hydrogen-bond acceptors (Lipinski definition) is 3. The summed E-state index contributed by atoms with van der Waals surface area (Å²) >= 11 is 0. The van der Waals surface area contributed by atoms with Crippen LogP contribution in [0.1, 0.15) is 26.2 Å². The number of unbranched alkanes of at least 4 members (excludes halogenated alkanes) is 1. The summed E-state index contributed by atoms with van der Waals surface area (Å²) in [5.74, 6) is 0. The molecule has 2 amide bonds. The fourth-order valence-corrected chi connectivity index (χ4v) is 0.713. The Morgan fingerprint density at radius 2 is 2.36 bits per heavy atom. The summed E-state index contributed by atoms with van der Waals surface area (Å²) in [6, 6.07) is -0.703. The molecular formula is C6H13N3O2. The van der Waals surface area contributed by atoms with Crippen molar-refractivity contribution in [3.8, 4) is 0 Å². The van der Waals surface area contributed by atoms with E-state index in [0.717, 1.165) is 12.8 Å². The van der Waals surface area contributed by atoms with Crippen molar-refractivity contribution in [1.82, 2.24) is 5.32 Å². The molecule has 0 radical (unpaired) electrons. The zero-order valence-electron chi connectivity index (χ0n) is 6.54. The van der Waals surface area contributed by atoms with Crippen molar-refractivity contribution >= 4 is 6.03 Å². The van der Waals surface area contributed by atoms with Crippen LogP contribution in [0.25, 0.3) is 0 Å². The molecule has 64 valence electrons. The molecule has 0 aliphatic carbocycles. The lowest BCUT2D eigenvalue weighted by atomic mass is 10.2. The van der Waals surface area contributed by atoms with E-state index in [9.17, 15) is 9.70 Å². The Labute approximate surface area is 65.3 Å². The molecule has 0 aliphatic rings. The van der Waals surface area contributed by atoms with Crippen molar-refractivity contribution in [2.75, 3.05) is 0 Å². The van der Waals surface area contributed by atoms with Crippen molar-refractivity contribution in [3.63, 3.8) is 0 Å². The topological polar surface area (TPSA) is 84.6 Å². The second kappa shape index (κ2) is 5.64. The highest BCUT2D eigenvalue weighted by atomic mass is 16.3. The molecule has 5 nitrogen and oxygen atoms in total. The van der Waals surface area contributed by atoms with Gasteiger partial charge in [0.2, 0.25) is 0 Å². The third-order valence-corrected chi connectivity index (χ3v) is 1.27. The second-order valence-corrected chi connectivity index (χ2v) is 2.27. The normalized spacial score (nSPS) is 12.1. The first kappa shape index (κ1) is 9.87. The molecule has 0 aromatic rings. The monoisotopic (exact) mass is 159 g/mol. The highest BCUT2D eigenvalue weighted by Gasteiger charge is 2.07. The third kappa shape index (κ3) is 5.32. The maximum atomic E-state index is 10.2. The van der Waals surface area contributed by atoms with Crippen LogP contribution in [0, 0.1) is 4.91 Å². The van der Waals surface area contributed by atoms with Gasteiger partial charge in [-0.1, -0.05) is 13.3 Å². The van der Waals surface area contributed by atoms with E-state index >= 15 is 0 Å². The fraction of sp³-hybridized carbons (Fsp3) is 0.833. The van der Waals surface area contributed by atoms with Crippen molar-refractivity contribution in [2.24, 2.45) is 10.9 Å². The van der Waals surface area contributed by atoms with Gasteiger partial charge in [-0.3, -0.25) is 0 Å². The van der Waals surface area contributed by atoms with Crippen LogP contribution in [0.5, 0.6) is 0 Å². The van der Waals surface area contributed by atoms with E-state index in [1.54, 1.807) is 0 Å². The number of amides is 2. The van der Waals surface area contributed by atoms with Gasteiger partial charge in [-0.25, -0.2) is 4.79 Å². The number of primary amides is 1. The summed E-state index contributed by atoms with van der Waals surface area (Å²) in [5, 5.41) is 4.93. The summed E-state index contributed by atoms with van der Waals surface area (Å²) in [5.41, 5.74) is 4.79. The Balaban J connectivity index is 3.57. The molecule has 0 fully saturated rings. The van der Waals surface area contributed by atoms with Gasteiger partial charge in [-0.05, 0) is 18.0 Å². The molecule has 11 heavy (non-hydrogen) atoms. The number of rotatable bonds is 5. The van der Waals surface area contributed by atoms with Gasteiger partial charge in [0.15, 0.2) is 6.17 Å². The first-order chi connectivity index (χ1) is 5.20. The molecule has 1 unspecified atom stereocenters. The Hall–Kier alpha value is -1.13. The Morgan fingerprint density at radius 3 is 2.73 bits per heavy atom. The van der Waals surface area contributed by atoms with E-state index in [2.05, 4.69) is 10.5 Å². The first-order valence-electron chi connectivity index (χ1n) is 3.59. The van der Waals surface area contributed by atoms with Crippen LogP contribution < -0.4 is 11.1 Å². The lowest BCUT2D eigenvalue weighted by molar-refractivity contribution is 0.244. The number of nitrogens with zero attached hydrogens (tertiary/aromatic N) is 1. The van der Waals surface area contributed by atoms with E-state index in [4.69, 9.17) is 5.73 Å². The zero-order chi connectivity index (χ0) is 8.69. The molecule has 0 heterocycles. The van der Waals surface area contributed by atoms with Crippen LogP contribution in [-0.2, 0) is 0 Å². The quantitative estimate of drug-likeness (QED) is 0.585. The van der Waals surface area contributed by atoms with E-state index in [1.807, 2.05) is 6.92 Å². The number of nitroso groups, excluding NO2 is 1. The van der Waals surface area contributed by atoms with Crippen molar-refractivity contribution in [2.45, 2.75) is 32.4 Å². The minimum atomic E-state index is -0.703. The summed E-state index contributed by atoms with van der Waals surface area (Å²) in [7, 11) is 0. The number of nitrogens with one attached hydrogen (secondary N) is 1. The molecule has 0 spiro atoms. The smallest absolute Gasteiger partial charge is 0.313 e. The van der Waals surface area contributed by atoms with Crippen molar-refractivity contribution < 1.29 is 4.79 Å². The van der Waals surface area contributed by atoms with Gasteiger partial charge in [0, 0.05) is 0 Å². The molecule has 0 aromatic carbocycles. The van der Waals surface area contributed by atoms with Crippen LogP contribution in [-0.4, -0.2) is 12.2 Å². The largest absolute Gasteiger partial charge is 0.352 e. The highest BCUT2D eigenvalue weighted by molar-refractivity contribution is 5.71. The van der Waals surface area contributed by atoms with E-state index < -0.39 is 12.2 Å². The van der Waals surface area contributed by atoms with Crippen molar-refractivity contribution in [3.05, 3.63) is 4.91 Å². The number of carbonyl (C=O) groups excluding carboxylic acids is 1. The SMILES string of the molecule is CCCCC(N=O)NC(N)=O. The van der Waals surface area contributed by atoms with Crippen LogP contribution >= 0.6 is 0 Å². The van der Waals surface area contributed by atoms with Crippen molar-refractivity contribution in [1.29, 1.82) is 0 Å². The molecular weight excluding hydrogens is 146 g/mol. The molecule has 0 aliphatic heterocycles. The molecule has 0 saturated carbocycles. The zero-order valence-corrected chi connectivity index (χ0v) is 6.54. The minimum Gasteiger partial charge on any atom is -0.352 e. The van der Waals surface area contributed by atoms with Gasteiger partial charge < -0.3 is 11.1 Å². The average molecular weight is 159 g/mol. The Bertz CT molecular complexity index is 138. The van der Waals surface area contributed by atoms with Crippen LogP contribution in [0.3, 0.4) is 0 Å². The molecule has 1 atom stereocenters. The second-order valence-electron chi connectivity index (χ2n) is 2.27. The molecule has 5 heteroatoms. The number of nitrogens with two attached hydrogens (primary N) is 1. The molecule has 0 rings (SSSR count). The Morgan fingerprint density at radius 1 is 1.73 bits per heavy atom. The first-order valence-corrected chi connectivity index (χ1v) is 3.59. The van der Waals surface area contributed by atoms with Gasteiger partial charge in [-0.15, -0.1) is 4.91 Å². The summed E-state index contributed by atoms with van der Waals surface area (Å²) in [6.07, 6.45) is 1.72. The van der Waals surface area contributed by atoms with Gasteiger partial charge in [0.25, 0.3) is 0 Å². The van der Waals surface area contributed by atoms with E-state index in [-0.39, 0.29) is 0 Å².